The Hall–Kier alpha value is -3.96. The minimum atomic E-state index is -0.511. The fourth-order valence-electron chi connectivity index (χ4n) is 2.86. The molecule has 0 fully saturated rings. The van der Waals surface area contributed by atoms with E-state index >= 15 is 0 Å². The number of aromatic nitrogens is 3. The van der Waals surface area contributed by atoms with Crippen molar-refractivity contribution in [1.82, 2.24) is 20.1 Å². The maximum atomic E-state index is 12.3. The molecule has 12 heteroatoms. The SMILES string of the molecule is C=CCn1c(CNC(=O)/C=C/c2ccccc2Cl)nnc1SCC(=O)Nc1ccc([N+](=O)[O-])cc1. The second-order valence-corrected chi connectivity index (χ2v) is 8.36. The molecule has 0 aliphatic carbocycles. The summed E-state index contributed by atoms with van der Waals surface area (Å²) in [5, 5.41) is 25.4. The molecule has 35 heavy (non-hydrogen) atoms. The molecule has 180 valence electrons. The number of hydrogen-bond donors (Lipinski definition) is 2. The second kappa shape index (κ2) is 12.5. The van der Waals surface area contributed by atoms with Gasteiger partial charge in [0, 0.05) is 35.5 Å². The number of anilines is 1. The Morgan fingerprint density at radius 3 is 2.60 bits per heavy atom. The molecule has 0 aliphatic rings. The van der Waals surface area contributed by atoms with E-state index in [-0.39, 0.29) is 29.8 Å². The van der Waals surface area contributed by atoms with Gasteiger partial charge in [-0.2, -0.15) is 0 Å². The third kappa shape index (κ3) is 7.52. The van der Waals surface area contributed by atoms with Crippen LogP contribution in [-0.4, -0.2) is 37.3 Å². The number of nitro benzene ring substituents is 1. The van der Waals surface area contributed by atoms with E-state index in [0.717, 1.165) is 5.56 Å². The van der Waals surface area contributed by atoms with Gasteiger partial charge in [0.2, 0.25) is 11.8 Å². The predicted molar refractivity (Wildman–Crippen MR) is 135 cm³/mol. The number of non-ortho nitro benzene ring substituents is 1. The first-order valence-corrected chi connectivity index (χ1v) is 11.6. The Kier molecular flexibility index (Phi) is 9.16. The summed E-state index contributed by atoms with van der Waals surface area (Å²) in [6.45, 7) is 4.25. The number of halogens is 1. The fraction of sp³-hybridized carbons (Fsp3) is 0.130. The molecule has 3 aromatic rings. The van der Waals surface area contributed by atoms with E-state index < -0.39 is 4.92 Å². The summed E-state index contributed by atoms with van der Waals surface area (Å²) in [5.74, 6) is -0.0897. The third-order valence-corrected chi connectivity index (χ3v) is 5.85. The highest BCUT2D eigenvalue weighted by atomic mass is 35.5. The van der Waals surface area contributed by atoms with Gasteiger partial charge in [0.15, 0.2) is 11.0 Å². The number of rotatable bonds is 11. The molecule has 0 aliphatic heterocycles. The zero-order chi connectivity index (χ0) is 25.2. The van der Waals surface area contributed by atoms with E-state index in [1.165, 1.54) is 42.1 Å². The van der Waals surface area contributed by atoms with Gasteiger partial charge in [-0.05, 0) is 29.8 Å². The predicted octanol–water partition coefficient (Wildman–Crippen LogP) is 4.09. The van der Waals surface area contributed by atoms with Crippen molar-refractivity contribution < 1.29 is 14.5 Å². The lowest BCUT2D eigenvalue weighted by molar-refractivity contribution is -0.384. The Morgan fingerprint density at radius 2 is 1.91 bits per heavy atom. The summed E-state index contributed by atoms with van der Waals surface area (Å²) in [6, 6.07) is 12.7. The topological polar surface area (TPSA) is 132 Å². The van der Waals surface area contributed by atoms with Gasteiger partial charge < -0.3 is 15.2 Å². The summed E-state index contributed by atoms with van der Waals surface area (Å²) < 4.78 is 1.74. The van der Waals surface area contributed by atoms with Crippen LogP contribution in [0.15, 0.2) is 72.4 Å². The van der Waals surface area contributed by atoms with Crippen molar-refractivity contribution in [3.8, 4) is 0 Å². The smallest absolute Gasteiger partial charge is 0.269 e. The second-order valence-electron chi connectivity index (χ2n) is 7.01. The van der Waals surface area contributed by atoms with E-state index in [9.17, 15) is 19.7 Å². The molecule has 2 amide bonds. The van der Waals surface area contributed by atoms with Crippen LogP contribution in [0.25, 0.3) is 6.08 Å². The zero-order valence-electron chi connectivity index (χ0n) is 18.4. The van der Waals surface area contributed by atoms with Crippen LogP contribution >= 0.6 is 23.4 Å². The number of carbonyl (C=O) groups is 2. The molecule has 0 saturated carbocycles. The van der Waals surface area contributed by atoms with Crippen LogP contribution in [0, 0.1) is 10.1 Å². The molecule has 0 unspecified atom stereocenters. The molecule has 0 radical (unpaired) electrons. The van der Waals surface area contributed by atoms with Crippen molar-refractivity contribution in [1.29, 1.82) is 0 Å². The van der Waals surface area contributed by atoms with Crippen molar-refractivity contribution in [3.05, 3.63) is 93.8 Å². The minimum absolute atomic E-state index is 0.0409. The highest BCUT2D eigenvalue weighted by molar-refractivity contribution is 7.99. The number of nitrogens with zero attached hydrogens (tertiary/aromatic N) is 4. The van der Waals surface area contributed by atoms with Crippen LogP contribution in [-0.2, 0) is 22.7 Å². The lowest BCUT2D eigenvalue weighted by Crippen LogP contribution is -2.23. The van der Waals surface area contributed by atoms with Crippen molar-refractivity contribution >= 4 is 52.6 Å². The van der Waals surface area contributed by atoms with Crippen molar-refractivity contribution in [2.45, 2.75) is 18.2 Å². The average Bonchev–Trinajstić information content (AvgIpc) is 3.23. The number of thioether (sulfide) groups is 1. The van der Waals surface area contributed by atoms with E-state index in [2.05, 4.69) is 27.4 Å². The highest BCUT2D eigenvalue weighted by Crippen LogP contribution is 2.20. The zero-order valence-corrected chi connectivity index (χ0v) is 20.0. The molecule has 0 saturated heterocycles. The van der Waals surface area contributed by atoms with Crippen LogP contribution in [0.3, 0.4) is 0 Å². The van der Waals surface area contributed by atoms with Gasteiger partial charge in [0.25, 0.3) is 5.69 Å². The molecule has 0 spiro atoms. The summed E-state index contributed by atoms with van der Waals surface area (Å²) in [4.78, 5) is 34.7. The number of nitrogens with one attached hydrogen (secondary N) is 2. The number of allylic oxidation sites excluding steroid dienone is 1. The summed E-state index contributed by atoms with van der Waals surface area (Å²) in [5.41, 5.74) is 1.11. The van der Waals surface area contributed by atoms with Gasteiger partial charge in [0.05, 0.1) is 17.2 Å². The third-order valence-electron chi connectivity index (χ3n) is 4.54. The lowest BCUT2D eigenvalue weighted by atomic mass is 10.2. The van der Waals surface area contributed by atoms with Crippen molar-refractivity contribution in [2.24, 2.45) is 0 Å². The Balaban J connectivity index is 1.56. The molecular weight excluding hydrogens is 492 g/mol. The number of amides is 2. The van der Waals surface area contributed by atoms with Crippen molar-refractivity contribution in [2.75, 3.05) is 11.1 Å². The number of carbonyl (C=O) groups excluding carboxylic acids is 2. The molecule has 3 rings (SSSR count). The standard InChI is InChI=1S/C23H21ClN6O4S/c1-2-13-29-20(14-25-21(31)12-7-16-5-3-4-6-19(16)24)27-28-23(29)35-15-22(32)26-17-8-10-18(11-9-17)30(33)34/h2-12H,1,13-15H2,(H,25,31)(H,26,32)/b12-7+. The average molecular weight is 513 g/mol. The minimum Gasteiger partial charge on any atom is -0.345 e. The number of nitro groups is 1. The van der Waals surface area contributed by atoms with Crippen LogP contribution < -0.4 is 10.6 Å². The first-order valence-electron chi connectivity index (χ1n) is 10.3. The summed E-state index contributed by atoms with van der Waals surface area (Å²) in [7, 11) is 0. The fourth-order valence-corrected chi connectivity index (χ4v) is 3.83. The van der Waals surface area contributed by atoms with Crippen LogP contribution in [0.5, 0.6) is 0 Å². The molecule has 2 N–H and O–H groups in total. The number of hydrogen-bond acceptors (Lipinski definition) is 7. The number of benzene rings is 2. The molecule has 0 bridgehead atoms. The van der Waals surface area contributed by atoms with E-state index in [1.54, 1.807) is 34.9 Å². The molecule has 0 atom stereocenters. The van der Waals surface area contributed by atoms with Gasteiger partial charge in [0.1, 0.15) is 0 Å². The maximum absolute atomic E-state index is 12.3. The van der Waals surface area contributed by atoms with Gasteiger partial charge in [-0.15, -0.1) is 16.8 Å². The first-order chi connectivity index (χ1) is 16.9. The van der Waals surface area contributed by atoms with Gasteiger partial charge in [-0.3, -0.25) is 19.7 Å². The van der Waals surface area contributed by atoms with Crippen molar-refractivity contribution in [3.63, 3.8) is 0 Å². The highest BCUT2D eigenvalue weighted by Gasteiger charge is 2.14. The summed E-state index contributed by atoms with van der Waals surface area (Å²) in [6.07, 6.45) is 4.66. The van der Waals surface area contributed by atoms with Gasteiger partial charge >= 0.3 is 0 Å². The van der Waals surface area contributed by atoms with E-state index in [4.69, 9.17) is 11.6 Å². The Labute approximate surface area is 210 Å². The molecule has 1 aromatic heterocycles. The quantitative estimate of drug-likeness (QED) is 0.130. The first kappa shape index (κ1) is 25.7. The van der Waals surface area contributed by atoms with Crippen LogP contribution in [0.4, 0.5) is 11.4 Å². The Morgan fingerprint density at radius 1 is 1.17 bits per heavy atom. The largest absolute Gasteiger partial charge is 0.345 e. The van der Waals surface area contributed by atoms with Gasteiger partial charge in [-0.1, -0.05) is 47.6 Å². The summed E-state index contributed by atoms with van der Waals surface area (Å²) >= 11 is 7.25. The van der Waals surface area contributed by atoms with Crippen LogP contribution in [0.2, 0.25) is 5.02 Å². The molecular formula is C23H21ClN6O4S. The van der Waals surface area contributed by atoms with Crippen LogP contribution in [0.1, 0.15) is 11.4 Å². The maximum Gasteiger partial charge on any atom is 0.269 e. The van der Waals surface area contributed by atoms with E-state index in [0.29, 0.717) is 28.2 Å². The monoisotopic (exact) mass is 512 g/mol. The van der Waals surface area contributed by atoms with Gasteiger partial charge in [-0.25, -0.2) is 0 Å². The molecule has 1 heterocycles. The molecule has 2 aromatic carbocycles. The Bertz CT molecular complexity index is 1260. The normalized spacial score (nSPS) is 10.8. The molecule has 10 nitrogen and oxygen atoms in total. The van der Waals surface area contributed by atoms with E-state index in [1.807, 2.05) is 6.07 Å². The lowest BCUT2D eigenvalue weighted by Gasteiger charge is -2.08.